The summed E-state index contributed by atoms with van der Waals surface area (Å²) >= 11 is 0. The van der Waals surface area contributed by atoms with Crippen LogP contribution >= 0.6 is 0 Å². The minimum Gasteiger partial charge on any atom is -0.306 e. The van der Waals surface area contributed by atoms with Crippen molar-refractivity contribution in [2.24, 2.45) is 0 Å². The Balaban J connectivity index is 2.08. The third-order valence-electron chi connectivity index (χ3n) is 3.33. The van der Waals surface area contributed by atoms with E-state index in [1.165, 1.54) is 12.1 Å². The van der Waals surface area contributed by atoms with Crippen molar-refractivity contribution in [1.29, 1.82) is 0 Å². The standard InChI is InChI=1S/C16H14F5N/c1-10(11-3-2-4-13(7-11)16(19,20)21)22-9-12-5-6-14(17)8-15(12)18/h2-8,10,22H,9H2,1H3. The monoisotopic (exact) mass is 315 g/mol. The van der Waals surface area contributed by atoms with Crippen LogP contribution in [-0.4, -0.2) is 0 Å². The largest absolute Gasteiger partial charge is 0.416 e. The minimum absolute atomic E-state index is 0.0868. The summed E-state index contributed by atoms with van der Waals surface area (Å²) in [5, 5.41) is 2.92. The Morgan fingerprint density at radius 2 is 1.77 bits per heavy atom. The van der Waals surface area contributed by atoms with Crippen LogP contribution in [-0.2, 0) is 12.7 Å². The van der Waals surface area contributed by atoms with E-state index in [1.807, 2.05) is 0 Å². The van der Waals surface area contributed by atoms with Gasteiger partial charge in [-0.15, -0.1) is 0 Å². The summed E-state index contributed by atoms with van der Waals surface area (Å²) < 4.78 is 64.3. The van der Waals surface area contributed by atoms with Crippen molar-refractivity contribution in [1.82, 2.24) is 5.32 Å². The summed E-state index contributed by atoms with van der Waals surface area (Å²) in [4.78, 5) is 0. The lowest BCUT2D eigenvalue weighted by Gasteiger charge is -2.16. The number of halogens is 5. The fourth-order valence-electron chi connectivity index (χ4n) is 2.03. The number of rotatable bonds is 4. The molecule has 1 N–H and O–H groups in total. The Kier molecular flexibility index (Phi) is 4.81. The fraction of sp³-hybridized carbons (Fsp3) is 0.250. The third kappa shape index (κ3) is 4.04. The molecule has 0 amide bonds. The summed E-state index contributed by atoms with van der Waals surface area (Å²) in [6.07, 6.45) is -4.40. The molecule has 0 heterocycles. The van der Waals surface area contributed by atoms with Crippen molar-refractivity contribution in [3.8, 4) is 0 Å². The summed E-state index contributed by atoms with van der Waals surface area (Å²) in [7, 11) is 0. The van der Waals surface area contributed by atoms with Gasteiger partial charge in [0.05, 0.1) is 5.56 Å². The van der Waals surface area contributed by atoms with E-state index in [0.29, 0.717) is 5.56 Å². The van der Waals surface area contributed by atoms with Crippen LogP contribution in [0, 0.1) is 11.6 Å². The lowest BCUT2D eigenvalue weighted by atomic mass is 10.0. The lowest BCUT2D eigenvalue weighted by molar-refractivity contribution is -0.137. The number of hydrogen-bond donors (Lipinski definition) is 1. The topological polar surface area (TPSA) is 12.0 Å². The predicted octanol–water partition coefficient (Wildman–Crippen LogP) is 4.83. The smallest absolute Gasteiger partial charge is 0.306 e. The molecule has 0 fully saturated rings. The second-order valence-corrected chi connectivity index (χ2v) is 4.96. The van der Waals surface area contributed by atoms with Gasteiger partial charge in [-0.1, -0.05) is 18.2 Å². The predicted molar refractivity (Wildman–Crippen MR) is 73.1 cm³/mol. The molecular formula is C16H14F5N. The number of benzene rings is 2. The van der Waals surface area contributed by atoms with Crippen LogP contribution in [0.4, 0.5) is 22.0 Å². The first-order chi connectivity index (χ1) is 10.3. The highest BCUT2D eigenvalue weighted by atomic mass is 19.4. The lowest BCUT2D eigenvalue weighted by Crippen LogP contribution is -2.19. The molecule has 1 atom stereocenters. The molecule has 0 aliphatic carbocycles. The van der Waals surface area contributed by atoms with Gasteiger partial charge in [0, 0.05) is 24.2 Å². The normalized spacial score (nSPS) is 13.2. The van der Waals surface area contributed by atoms with Gasteiger partial charge in [-0.2, -0.15) is 13.2 Å². The van der Waals surface area contributed by atoms with Crippen LogP contribution in [0.3, 0.4) is 0 Å². The molecule has 0 bridgehead atoms. The molecule has 0 aliphatic heterocycles. The molecule has 0 radical (unpaired) electrons. The molecule has 2 aromatic carbocycles. The number of hydrogen-bond acceptors (Lipinski definition) is 1. The van der Waals surface area contributed by atoms with Gasteiger partial charge in [0.25, 0.3) is 0 Å². The maximum atomic E-state index is 13.5. The molecule has 0 spiro atoms. The van der Waals surface area contributed by atoms with E-state index in [4.69, 9.17) is 0 Å². The Labute approximate surface area is 124 Å². The van der Waals surface area contributed by atoms with Gasteiger partial charge >= 0.3 is 6.18 Å². The van der Waals surface area contributed by atoms with Gasteiger partial charge in [0.2, 0.25) is 0 Å². The van der Waals surface area contributed by atoms with Crippen molar-refractivity contribution in [2.75, 3.05) is 0 Å². The van der Waals surface area contributed by atoms with Crippen molar-refractivity contribution < 1.29 is 22.0 Å². The van der Waals surface area contributed by atoms with E-state index in [1.54, 1.807) is 13.0 Å². The fourth-order valence-corrected chi connectivity index (χ4v) is 2.03. The highest BCUT2D eigenvalue weighted by molar-refractivity contribution is 5.28. The molecule has 1 nitrogen and oxygen atoms in total. The highest BCUT2D eigenvalue weighted by Crippen LogP contribution is 2.30. The van der Waals surface area contributed by atoms with Crippen molar-refractivity contribution >= 4 is 0 Å². The van der Waals surface area contributed by atoms with Crippen molar-refractivity contribution in [2.45, 2.75) is 25.7 Å². The summed E-state index contributed by atoms with van der Waals surface area (Å²) in [5.41, 5.74) is -0.0378. The van der Waals surface area contributed by atoms with E-state index >= 15 is 0 Å². The molecule has 1 unspecified atom stereocenters. The molecule has 0 saturated heterocycles. The molecule has 22 heavy (non-hydrogen) atoms. The van der Waals surface area contributed by atoms with E-state index in [2.05, 4.69) is 5.32 Å². The first-order valence-electron chi connectivity index (χ1n) is 6.62. The van der Waals surface area contributed by atoms with E-state index < -0.39 is 29.4 Å². The molecule has 0 aromatic heterocycles. The highest BCUT2D eigenvalue weighted by Gasteiger charge is 2.30. The maximum Gasteiger partial charge on any atom is 0.416 e. The van der Waals surface area contributed by atoms with Crippen molar-refractivity contribution in [3.63, 3.8) is 0 Å². The average Bonchev–Trinajstić information content (AvgIpc) is 2.45. The second kappa shape index (κ2) is 6.44. The summed E-state index contributed by atoms with van der Waals surface area (Å²) in [6, 6.07) is 7.74. The molecule has 0 aliphatic rings. The van der Waals surface area contributed by atoms with Crippen LogP contribution in [0.5, 0.6) is 0 Å². The summed E-state index contributed by atoms with van der Waals surface area (Å²) in [6.45, 7) is 1.76. The van der Waals surface area contributed by atoms with E-state index in [0.717, 1.165) is 24.3 Å². The van der Waals surface area contributed by atoms with Gasteiger partial charge in [-0.25, -0.2) is 8.78 Å². The van der Waals surface area contributed by atoms with Gasteiger partial charge in [-0.3, -0.25) is 0 Å². The van der Waals surface area contributed by atoms with Crippen LogP contribution in [0.2, 0.25) is 0 Å². The van der Waals surface area contributed by atoms with Crippen LogP contribution in [0.25, 0.3) is 0 Å². The Hall–Kier alpha value is -1.95. The zero-order valence-corrected chi connectivity index (χ0v) is 11.7. The zero-order chi connectivity index (χ0) is 16.3. The first-order valence-corrected chi connectivity index (χ1v) is 6.62. The van der Waals surface area contributed by atoms with Gasteiger partial charge in [0.1, 0.15) is 11.6 Å². The van der Waals surface area contributed by atoms with Gasteiger partial charge in [0.15, 0.2) is 0 Å². The molecule has 118 valence electrons. The second-order valence-electron chi connectivity index (χ2n) is 4.96. The van der Waals surface area contributed by atoms with Crippen LogP contribution < -0.4 is 5.32 Å². The van der Waals surface area contributed by atoms with Crippen LogP contribution in [0.1, 0.15) is 29.7 Å². The third-order valence-corrected chi connectivity index (χ3v) is 3.33. The molecule has 2 rings (SSSR count). The summed E-state index contributed by atoms with van der Waals surface area (Å²) in [5.74, 6) is -1.36. The number of nitrogens with one attached hydrogen (secondary N) is 1. The Morgan fingerprint density at radius 1 is 1.05 bits per heavy atom. The van der Waals surface area contributed by atoms with E-state index in [9.17, 15) is 22.0 Å². The van der Waals surface area contributed by atoms with E-state index in [-0.39, 0.29) is 12.1 Å². The maximum absolute atomic E-state index is 13.5. The Morgan fingerprint density at radius 3 is 2.41 bits per heavy atom. The quantitative estimate of drug-likeness (QED) is 0.797. The van der Waals surface area contributed by atoms with Crippen LogP contribution in [0.15, 0.2) is 42.5 Å². The van der Waals surface area contributed by atoms with Crippen molar-refractivity contribution in [3.05, 3.63) is 70.8 Å². The SMILES string of the molecule is CC(NCc1ccc(F)cc1F)c1cccc(C(F)(F)F)c1. The zero-order valence-electron chi connectivity index (χ0n) is 11.7. The number of alkyl halides is 3. The minimum atomic E-state index is -4.40. The molecular weight excluding hydrogens is 301 g/mol. The first kappa shape index (κ1) is 16.4. The molecule has 0 saturated carbocycles. The molecule has 6 heteroatoms. The van der Waals surface area contributed by atoms with Gasteiger partial charge in [-0.05, 0) is 30.7 Å². The Bertz CT molecular complexity index is 651. The average molecular weight is 315 g/mol. The van der Waals surface area contributed by atoms with Gasteiger partial charge < -0.3 is 5.32 Å². The molecule has 2 aromatic rings.